The van der Waals surface area contributed by atoms with Gasteiger partial charge in [0, 0.05) is 15.5 Å². The molecule has 3 heteroatoms. The van der Waals surface area contributed by atoms with Crippen LogP contribution in [0.3, 0.4) is 0 Å². The van der Waals surface area contributed by atoms with Crippen molar-refractivity contribution >= 4 is 29.1 Å². The highest BCUT2D eigenvalue weighted by atomic mass is 35.5. The normalized spacial score (nSPS) is 13.2. The Balaban J connectivity index is 1.66. The van der Waals surface area contributed by atoms with Crippen LogP contribution in [0.2, 0.25) is 5.02 Å². The molecule has 0 bridgehead atoms. The van der Waals surface area contributed by atoms with E-state index in [-0.39, 0.29) is 5.78 Å². The molecule has 0 amide bonds. The lowest BCUT2D eigenvalue weighted by Gasteiger charge is -2.05. The third-order valence-electron chi connectivity index (χ3n) is 3.60. The second kappa shape index (κ2) is 6.02. The number of fused-ring (bicyclic) bond motifs is 1. The van der Waals surface area contributed by atoms with Crippen LogP contribution in [-0.2, 0) is 12.8 Å². The zero-order valence-electron chi connectivity index (χ0n) is 11.1. The summed E-state index contributed by atoms with van der Waals surface area (Å²) >= 11 is 7.41. The van der Waals surface area contributed by atoms with Crippen LogP contribution in [-0.4, -0.2) is 11.5 Å². The summed E-state index contributed by atoms with van der Waals surface area (Å²) in [4.78, 5) is 13.3. The molecule has 1 nitrogen and oxygen atoms in total. The smallest absolute Gasteiger partial charge is 0.173 e. The molecular weight excluding hydrogens is 288 g/mol. The number of halogens is 1. The molecule has 1 aliphatic rings. The first-order valence-electron chi connectivity index (χ1n) is 6.76. The first-order chi connectivity index (χ1) is 9.72. The lowest BCUT2D eigenvalue weighted by Crippen LogP contribution is -2.03. The maximum atomic E-state index is 12.2. The Bertz CT molecular complexity index is 634. The maximum Gasteiger partial charge on any atom is 0.173 e. The molecule has 0 atom stereocenters. The van der Waals surface area contributed by atoms with Crippen molar-refractivity contribution in [2.75, 3.05) is 5.75 Å². The van der Waals surface area contributed by atoms with Crippen LogP contribution in [0, 0.1) is 0 Å². The number of thioether (sulfide) groups is 1. The van der Waals surface area contributed by atoms with Crippen molar-refractivity contribution in [3.05, 3.63) is 64.2 Å². The van der Waals surface area contributed by atoms with Crippen LogP contribution in [0.5, 0.6) is 0 Å². The number of carbonyl (C=O) groups is 1. The number of hydrogen-bond donors (Lipinski definition) is 0. The Kier molecular flexibility index (Phi) is 4.13. The van der Waals surface area contributed by atoms with Gasteiger partial charge in [0.2, 0.25) is 0 Å². The third kappa shape index (κ3) is 3.08. The number of ketones is 1. The van der Waals surface area contributed by atoms with Crippen LogP contribution in [0.1, 0.15) is 27.9 Å². The van der Waals surface area contributed by atoms with Gasteiger partial charge in [-0.3, -0.25) is 4.79 Å². The van der Waals surface area contributed by atoms with E-state index in [2.05, 4.69) is 12.1 Å². The van der Waals surface area contributed by atoms with E-state index in [4.69, 9.17) is 11.6 Å². The first kappa shape index (κ1) is 13.7. The molecular formula is C17H15ClOS. The Hall–Kier alpha value is -1.25. The molecule has 20 heavy (non-hydrogen) atoms. The van der Waals surface area contributed by atoms with E-state index in [9.17, 15) is 4.79 Å². The van der Waals surface area contributed by atoms with E-state index in [0.717, 1.165) is 28.3 Å². The number of rotatable bonds is 4. The summed E-state index contributed by atoms with van der Waals surface area (Å²) in [5, 5.41) is 0.722. The number of Topliss-reactive ketones (excluding diaryl/α,β-unsaturated/α-hetero) is 1. The van der Waals surface area contributed by atoms with Gasteiger partial charge in [0.1, 0.15) is 0 Å². The lowest BCUT2D eigenvalue weighted by molar-refractivity contribution is 0.102. The standard InChI is InChI=1S/C17H15ClOS/c18-15-6-8-16(9-7-15)20-11-17(19)14-5-4-12-2-1-3-13(12)10-14/h4-10H,1-3,11H2. The van der Waals surface area contributed by atoms with E-state index in [0.29, 0.717) is 5.75 Å². The summed E-state index contributed by atoms with van der Waals surface area (Å²) in [5.74, 6) is 0.667. The summed E-state index contributed by atoms with van der Waals surface area (Å²) in [5.41, 5.74) is 3.60. The summed E-state index contributed by atoms with van der Waals surface area (Å²) in [6, 6.07) is 13.8. The van der Waals surface area contributed by atoms with Crippen molar-refractivity contribution in [1.82, 2.24) is 0 Å². The molecule has 0 aliphatic heterocycles. The molecule has 0 unspecified atom stereocenters. The second-order valence-corrected chi connectivity index (χ2v) is 6.49. The number of hydrogen-bond acceptors (Lipinski definition) is 2. The second-order valence-electron chi connectivity index (χ2n) is 5.00. The van der Waals surface area contributed by atoms with Crippen LogP contribution in [0.25, 0.3) is 0 Å². The van der Waals surface area contributed by atoms with Crippen LogP contribution < -0.4 is 0 Å². The van der Waals surface area contributed by atoms with Crippen molar-refractivity contribution in [2.45, 2.75) is 24.2 Å². The van der Waals surface area contributed by atoms with Gasteiger partial charge in [0.05, 0.1) is 5.75 Å². The molecule has 2 aromatic carbocycles. The largest absolute Gasteiger partial charge is 0.293 e. The third-order valence-corrected chi connectivity index (χ3v) is 4.87. The molecule has 0 heterocycles. The van der Waals surface area contributed by atoms with Crippen molar-refractivity contribution in [3.8, 4) is 0 Å². The molecule has 102 valence electrons. The topological polar surface area (TPSA) is 17.1 Å². The Morgan fingerprint density at radius 2 is 1.80 bits per heavy atom. The fourth-order valence-electron chi connectivity index (χ4n) is 2.51. The summed E-state index contributed by atoms with van der Waals surface area (Å²) in [7, 11) is 0. The quantitative estimate of drug-likeness (QED) is 0.596. The van der Waals surface area contributed by atoms with Crippen molar-refractivity contribution in [2.24, 2.45) is 0 Å². The van der Waals surface area contributed by atoms with Crippen molar-refractivity contribution < 1.29 is 4.79 Å². The van der Waals surface area contributed by atoms with Crippen LogP contribution >= 0.6 is 23.4 Å². The molecule has 0 saturated carbocycles. The van der Waals surface area contributed by atoms with E-state index in [1.165, 1.54) is 17.5 Å². The predicted octanol–water partition coefficient (Wildman–Crippen LogP) is 4.80. The minimum atomic E-state index is 0.194. The van der Waals surface area contributed by atoms with Crippen LogP contribution in [0.4, 0.5) is 0 Å². The highest BCUT2D eigenvalue weighted by Gasteiger charge is 2.14. The fourth-order valence-corrected chi connectivity index (χ4v) is 3.43. The monoisotopic (exact) mass is 302 g/mol. The summed E-state index contributed by atoms with van der Waals surface area (Å²) in [6.07, 6.45) is 3.48. The van der Waals surface area contributed by atoms with Gasteiger partial charge in [-0.15, -0.1) is 11.8 Å². The first-order valence-corrected chi connectivity index (χ1v) is 8.12. The van der Waals surface area contributed by atoms with Gasteiger partial charge < -0.3 is 0 Å². The molecule has 1 aliphatic carbocycles. The van der Waals surface area contributed by atoms with Gasteiger partial charge in [-0.2, -0.15) is 0 Å². The molecule has 2 aromatic rings. The summed E-state index contributed by atoms with van der Waals surface area (Å²) in [6.45, 7) is 0. The minimum absolute atomic E-state index is 0.194. The highest BCUT2D eigenvalue weighted by Crippen LogP contribution is 2.25. The van der Waals surface area contributed by atoms with E-state index >= 15 is 0 Å². The predicted molar refractivity (Wildman–Crippen MR) is 85.0 cm³/mol. The zero-order chi connectivity index (χ0) is 13.9. The number of benzene rings is 2. The Morgan fingerprint density at radius 1 is 1.05 bits per heavy atom. The van der Waals surface area contributed by atoms with Gasteiger partial charge in [-0.1, -0.05) is 23.7 Å². The molecule has 0 aromatic heterocycles. The Labute approximate surface area is 128 Å². The van der Waals surface area contributed by atoms with Crippen molar-refractivity contribution in [1.29, 1.82) is 0 Å². The van der Waals surface area contributed by atoms with E-state index in [1.807, 2.05) is 30.3 Å². The molecule has 0 radical (unpaired) electrons. The molecule has 0 N–H and O–H groups in total. The molecule has 0 saturated heterocycles. The van der Waals surface area contributed by atoms with Gasteiger partial charge in [0.25, 0.3) is 0 Å². The van der Waals surface area contributed by atoms with Crippen LogP contribution in [0.15, 0.2) is 47.4 Å². The van der Waals surface area contributed by atoms with E-state index < -0.39 is 0 Å². The maximum absolute atomic E-state index is 12.2. The van der Waals surface area contributed by atoms with Gasteiger partial charge in [-0.05, 0) is 60.7 Å². The van der Waals surface area contributed by atoms with Gasteiger partial charge in [0.15, 0.2) is 5.78 Å². The average molecular weight is 303 g/mol. The minimum Gasteiger partial charge on any atom is -0.293 e. The average Bonchev–Trinajstić information content (AvgIpc) is 2.93. The van der Waals surface area contributed by atoms with Gasteiger partial charge >= 0.3 is 0 Å². The Morgan fingerprint density at radius 3 is 2.60 bits per heavy atom. The zero-order valence-corrected chi connectivity index (χ0v) is 12.6. The molecule has 0 spiro atoms. The fraction of sp³-hybridized carbons (Fsp3) is 0.235. The molecule has 3 rings (SSSR count). The van der Waals surface area contributed by atoms with E-state index in [1.54, 1.807) is 11.8 Å². The van der Waals surface area contributed by atoms with Gasteiger partial charge in [-0.25, -0.2) is 0 Å². The molecule has 0 fully saturated rings. The number of aryl methyl sites for hydroxylation is 2. The summed E-state index contributed by atoms with van der Waals surface area (Å²) < 4.78 is 0. The number of carbonyl (C=O) groups excluding carboxylic acids is 1. The van der Waals surface area contributed by atoms with Crippen molar-refractivity contribution in [3.63, 3.8) is 0 Å². The lowest BCUT2D eigenvalue weighted by atomic mass is 10.0. The SMILES string of the molecule is O=C(CSc1ccc(Cl)cc1)c1ccc2c(c1)CCC2. The highest BCUT2D eigenvalue weighted by molar-refractivity contribution is 8.00.